The molecule has 0 saturated carbocycles. The van der Waals surface area contributed by atoms with Crippen LogP contribution in [0.3, 0.4) is 0 Å². The molecule has 0 aromatic heterocycles. The maximum absolute atomic E-state index is 11.3. The first-order valence-corrected chi connectivity index (χ1v) is 6.73. The number of nitrogens with two attached hydrogens (primary N) is 1. The Hall–Kier alpha value is -2.40. The van der Waals surface area contributed by atoms with E-state index in [9.17, 15) is 4.79 Å². The summed E-state index contributed by atoms with van der Waals surface area (Å²) in [6, 6.07) is 10.7. The third-order valence-corrected chi connectivity index (χ3v) is 3.30. The molecule has 21 heavy (non-hydrogen) atoms. The Balaban J connectivity index is 1.77. The molecule has 1 heterocycles. The molecule has 1 aliphatic heterocycles. The second-order valence-electron chi connectivity index (χ2n) is 4.64. The predicted molar refractivity (Wildman–Crippen MR) is 80.8 cm³/mol. The molecular formula is C15H13ClN2O3. The van der Waals surface area contributed by atoms with Gasteiger partial charge in [0.1, 0.15) is 18.1 Å². The van der Waals surface area contributed by atoms with E-state index >= 15 is 0 Å². The van der Waals surface area contributed by atoms with Crippen LogP contribution < -0.4 is 20.5 Å². The fourth-order valence-corrected chi connectivity index (χ4v) is 2.12. The van der Waals surface area contributed by atoms with E-state index in [-0.39, 0.29) is 12.5 Å². The van der Waals surface area contributed by atoms with Crippen LogP contribution in [-0.4, -0.2) is 12.5 Å². The maximum Gasteiger partial charge on any atom is 0.262 e. The fourth-order valence-electron chi connectivity index (χ4n) is 1.99. The van der Waals surface area contributed by atoms with Crippen LogP contribution in [0.25, 0.3) is 0 Å². The van der Waals surface area contributed by atoms with Gasteiger partial charge >= 0.3 is 0 Å². The number of carbonyl (C=O) groups excluding carboxylic acids is 1. The second kappa shape index (κ2) is 5.54. The molecule has 6 heteroatoms. The van der Waals surface area contributed by atoms with Crippen LogP contribution in [0.2, 0.25) is 5.02 Å². The molecule has 3 rings (SSSR count). The van der Waals surface area contributed by atoms with Crippen LogP contribution in [-0.2, 0) is 11.4 Å². The molecule has 0 radical (unpaired) electrons. The zero-order valence-corrected chi connectivity index (χ0v) is 11.8. The molecule has 0 atom stereocenters. The van der Waals surface area contributed by atoms with Gasteiger partial charge in [-0.25, -0.2) is 0 Å². The summed E-state index contributed by atoms with van der Waals surface area (Å²) in [5, 5.41) is 3.39. The lowest BCUT2D eigenvalue weighted by Gasteiger charge is -2.20. The van der Waals surface area contributed by atoms with Crippen LogP contribution >= 0.6 is 11.6 Å². The van der Waals surface area contributed by atoms with Crippen molar-refractivity contribution >= 4 is 28.9 Å². The second-order valence-corrected chi connectivity index (χ2v) is 5.07. The van der Waals surface area contributed by atoms with E-state index in [1.54, 1.807) is 24.3 Å². The molecule has 0 unspecified atom stereocenters. The first-order chi connectivity index (χ1) is 10.1. The van der Waals surface area contributed by atoms with Gasteiger partial charge < -0.3 is 20.5 Å². The molecule has 0 aliphatic carbocycles. The minimum atomic E-state index is -0.198. The first kappa shape index (κ1) is 13.6. The van der Waals surface area contributed by atoms with E-state index < -0.39 is 0 Å². The van der Waals surface area contributed by atoms with Crippen molar-refractivity contribution in [3.05, 3.63) is 47.0 Å². The average Bonchev–Trinajstić information content (AvgIpc) is 2.47. The van der Waals surface area contributed by atoms with Crippen LogP contribution in [0.15, 0.2) is 36.4 Å². The number of rotatable bonds is 3. The molecule has 0 fully saturated rings. The third-order valence-electron chi connectivity index (χ3n) is 3.05. The number of benzene rings is 2. The number of fused-ring (bicyclic) bond motifs is 1. The Morgan fingerprint density at radius 2 is 2.05 bits per heavy atom. The number of nitrogen functional groups attached to an aromatic ring is 1. The van der Waals surface area contributed by atoms with Gasteiger partial charge in [-0.2, -0.15) is 0 Å². The number of amides is 1. The molecule has 2 aromatic carbocycles. The van der Waals surface area contributed by atoms with E-state index in [0.717, 1.165) is 5.56 Å². The lowest BCUT2D eigenvalue weighted by molar-refractivity contribution is -0.118. The van der Waals surface area contributed by atoms with E-state index in [0.29, 0.717) is 34.5 Å². The summed E-state index contributed by atoms with van der Waals surface area (Å²) in [5.74, 6) is 0.844. The largest absolute Gasteiger partial charge is 0.487 e. The van der Waals surface area contributed by atoms with Crippen molar-refractivity contribution in [1.29, 1.82) is 0 Å². The highest BCUT2D eigenvalue weighted by Gasteiger charge is 2.18. The van der Waals surface area contributed by atoms with E-state index in [1.165, 1.54) is 0 Å². The van der Waals surface area contributed by atoms with Crippen LogP contribution in [0, 0.1) is 0 Å². The SMILES string of the molecule is Nc1cc2c(cc1OCc1ccc(Cl)cc1)NC(=O)CO2. The molecule has 5 nitrogen and oxygen atoms in total. The zero-order chi connectivity index (χ0) is 14.8. The highest BCUT2D eigenvalue weighted by atomic mass is 35.5. The summed E-state index contributed by atoms with van der Waals surface area (Å²) in [5.41, 5.74) is 7.92. The standard InChI is InChI=1S/C15H13ClN2O3/c16-10-3-1-9(2-4-10)7-20-13-6-12-14(5-11(13)17)21-8-15(19)18-12/h1-6H,7-8,17H2,(H,18,19). The van der Waals surface area contributed by atoms with E-state index in [1.807, 2.05) is 12.1 Å². The Kier molecular flexibility index (Phi) is 3.58. The van der Waals surface area contributed by atoms with Gasteiger partial charge in [0.2, 0.25) is 0 Å². The molecule has 2 aromatic rings. The predicted octanol–water partition coefficient (Wildman–Crippen LogP) is 2.83. The molecule has 0 saturated heterocycles. The van der Waals surface area contributed by atoms with Crippen molar-refractivity contribution < 1.29 is 14.3 Å². The van der Waals surface area contributed by atoms with Crippen molar-refractivity contribution in [2.75, 3.05) is 17.7 Å². The van der Waals surface area contributed by atoms with Gasteiger partial charge in [-0.1, -0.05) is 23.7 Å². The molecular weight excluding hydrogens is 292 g/mol. The summed E-state index contributed by atoms with van der Waals surface area (Å²) in [4.78, 5) is 11.3. The van der Waals surface area contributed by atoms with Crippen molar-refractivity contribution in [3.8, 4) is 11.5 Å². The summed E-state index contributed by atoms with van der Waals surface area (Å²) in [7, 11) is 0. The number of anilines is 2. The molecule has 0 bridgehead atoms. The van der Waals surface area contributed by atoms with Gasteiger partial charge in [0.15, 0.2) is 6.61 Å². The van der Waals surface area contributed by atoms with Crippen molar-refractivity contribution in [2.24, 2.45) is 0 Å². The van der Waals surface area contributed by atoms with Gasteiger partial charge in [0.25, 0.3) is 5.91 Å². The average molecular weight is 305 g/mol. The summed E-state index contributed by atoms with van der Waals surface area (Å²) < 4.78 is 11.0. The van der Waals surface area contributed by atoms with Crippen molar-refractivity contribution in [2.45, 2.75) is 6.61 Å². The van der Waals surface area contributed by atoms with E-state index in [2.05, 4.69) is 5.32 Å². The minimum Gasteiger partial charge on any atom is -0.487 e. The van der Waals surface area contributed by atoms with Gasteiger partial charge in [-0.15, -0.1) is 0 Å². The summed E-state index contributed by atoms with van der Waals surface area (Å²) >= 11 is 5.83. The lowest BCUT2D eigenvalue weighted by atomic mass is 10.2. The molecule has 1 aliphatic rings. The van der Waals surface area contributed by atoms with E-state index in [4.69, 9.17) is 26.8 Å². The molecule has 0 spiro atoms. The van der Waals surface area contributed by atoms with Crippen LogP contribution in [0.4, 0.5) is 11.4 Å². The lowest BCUT2D eigenvalue weighted by Crippen LogP contribution is -2.25. The van der Waals surface area contributed by atoms with Gasteiger partial charge in [0.05, 0.1) is 11.4 Å². The number of halogens is 1. The van der Waals surface area contributed by atoms with Gasteiger partial charge in [-0.3, -0.25) is 4.79 Å². The smallest absolute Gasteiger partial charge is 0.262 e. The zero-order valence-electron chi connectivity index (χ0n) is 11.1. The number of hydrogen-bond acceptors (Lipinski definition) is 4. The molecule has 1 amide bonds. The number of nitrogens with one attached hydrogen (secondary N) is 1. The topological polar surface area (TPSA) is 73.6 Å². The monoisotopic (exact) mass is 304 g/mol. The Labute approximate surface area is 126 Å². The number of ether oxygens (including phenoxy) is 2. The number of hydrogen-bond donors (Lipinski definition) is 2. The highest BCUT2D eigenvalue weighted by Crippen LogP contribution is 2.36. The van der Waals surface area contributed by atoms with Crippen LogP contribution in [0.5, 0.6) is 11.5 Å². The molecule has 108 valence electrons. The first-order valence-electron chi connectivity index (χ1n) is 6.35. The fraction of sp³-hybridized carbons (Fsp3) is 0.133. The van der Waals surface area contributed by atoms with Crippen molar-refractivity contribution in [3.63, 3.8) is 0 Å². The quantitative estimate of drug-likeness (QED) is 0.855. The Bertz CT molecular complexity index is 686. The maximum atomic E-state index is 11.3. The molecule has 3 N–H and O–H groups in total. The normalized spacial score (nSPS) is 13.1. The van der Waals surface area contributed by atoms with Gasteiger partial charge in [-0.05, 0) is 17.7 Å². The summed E-state index contributed by atoms with van der Waals surface area (Å²) in [6.45, 7) is 0.354. The Morgan fingerprint density at radius 3 is 2.81 bits per heavy atom. The van der Waals surface area contributed by atoms with Crippen molar-refractivity contribution in [1.82, 2.24) is 0 Å². The van der Waals surface area contributed by atoms with Gasteiger partial charge in [0, 0.05) is 17.2 Å². The summed E-state index contributed by atoms with van der Waals surface area (Å²) in [6.07, 6.45) is 0. The third kappa shape index (κ3) is 3.03. The Morgan fingerprint density at radius 1 is 1.29 bits per heavy atom. The minimum absolute atomic E-state index is 0.00256. The van der Waals surface area contributed by atoms with Crippen LogP contribution in [0.1, 0.15) is 5.56 Å². The number of carbonyl (C=O) groups is 1. The highest BCUT2D eigenvalue weighted by molar-refractivity contribution is 6.30.